The molecule has 1 unspecified atom stereocenters. The van der Waals surface area contributed by atoms with Crippen LogP contribution in [0.4, 0.5) is 19.0 Å². The molecule has 3 nitrogen and oxygen atoms in total. The van der Waals surface area contributed by atoms with E-state index in [0.717, 1.165) is 6.07 Å². The van der Waals surface area contributed by atoms with Crippen molar-refractivity contribution in [2.75, 3.05) is 5.32 Å². The molecular formula is C11H15F3N2O. The lowest BCUT2D eigenvalue weighted by Crippen LogP contribution is -2.42. The van der Waals surface area contributed by atoms with Crippen LogP contribution in [0.5, 0.6) is 0 Å². The van der Waals surface area contributed by atoms with Crippen molar-refractivity contribution in [2.24, 2.45) is 0 Å². The van der Waals surface area contributed by atoms with Crippen LogP contribution in [0.25, 0.3) is 0 Å². The average molecular weight is 248 g/mol. The molecule has 1 heterocycles. The van der Waals surface area contributed by atoms with Crippen LogP contribution in [-0.2, 0) is 6.18 Å². The average Bonchev–Trinajstić information content (AvgIpc) is 2.15. The van der Waals surface area contributed by atoms with E-state index in [1.54, 1.807) is 13.8 Å². The Bertz CT molecular complexity index is 389. The number of aliphatic hydroxyl groups is 1. The Hall–Kier alpha value is -1.30. The standard InChI is InChI=1S/C11H15F3N2O/c1-7(17)10(2,3)16-9-8(11(12,13)14)5-4-6-15-9/h4-7,17H,1-3H3,(H,15,16). The normalized spacial score (nSPS) is 14.5. The van der Waals surface area contributed by atoms with Crippen LogP contribution < -0.4 is 5.32 Å². The number of nitrogens with zero attached hydrogens (tertiary/aromatic N) is 1. The van der Waals surface area contributed by atoms with Crippen molar-refractivity contribution in [2.45, 2.75) is 38.6 Å². The fraction of sp³-hybridized carbons (Fsp3) is 0.545. The summed E-state index contributed by atoms with van der Waals surface area (Å²) < 4.78 is 38.0. The Balaban J connectivity index is 3.08. The zero-order valence-electron chi connectivity index (χ0n) is 9.84. The molecule has 0 saturated heterocycles. The zero-order valence-corrected chi connectivity index (χ0v) is 9.84. The van der Waals surface area contributed by atoms with Crippen molar-refractivity contribution in [3.05, 3.63) is 23.9 Å². The van der Waals surface area contributed by atoms with Crippen LogP contribution in [0.2, 0.25) is 0 Å². The number of anilines is 1. The van der Waals surface area contributed by atoms with Crippen molar-refractivity contribution in [3.63, 3.8) is 0 Å². The minimum absolute atomic E-state index is 0.272. The highest BCUT2D eigenvalue weighted by Crippen LogP contribution is 2.34. The minimum Gasteiger partial charge on any atom is -0.391 e. The van der Waals surface area contributed by atoms with E-state index in [-0.39, 0.29) is 5.82 Å². The molecular weight excluding hydrogens is 233 g/mol. The van der Waals surface area contributed by atoms with Gasteiger partial charge in [0, 0.05) is 6.20 Å². The fourth-order valence-corrected chi connectivity index (χ4v) is 1.14. The maximum absolute atomic E-state index is 12.7. The Morgan fingerprint density at radius 1 is 1.35 bits per heavy atom. The van der Waals surface area contributed by atoms with E-state index < -0.39 is 23.4 Å². The van der Waals surface area contributed by atoms with E-state index in [4.69, 9.17) is 0 Å². The van der Waals surface area contributed by atoms with Crippen LogP contribution in [0.3, 0.4) is 0 Å². The maximum atomic E-state index is 12.7. The van der Waals surface area contributed by atoms with E-state index in [2.05, 4.69) is 10.3 Å². The number of hydrogen-bond acceptors (Lipinski definition) is 3. The molecule has 0 bridgehead atoms. The summed E-state index contributed by atoms with van der Waals surface area (Å²) in [6, 6.07) is 2.18. The largest absolute Gasteiger partial charge is 0.419 e. The predicted molar refractivity (Wildman–Crippen MR) is 58.6 cm³/mol. The van der Waals surface area contributed by atoms with Gasteiger partial charge in [-0.25, -0.2) is 4.98 Å². The first-order chi connectivity index (χ1) is 7.64. The van der Waals surface area contributed by atoms with Gasteiger partial charge in [-0.3, -0.25) is 0 Å². The molecule has 0 spiro atoms. The van der Waals surface area contributed by atoms with Gasteiger partial charge in [0.25, 0.3) is 0 Å². The first kappa shape index (κ1) is 13.8. The molecule has 1 rings (SSSR count). The highest BCUT2D eigenvalue weighted by atomic mass is 19.4. The van der Waals surface area contributed by atoms with Crippen molar-refractivity contribution in [3.8, 4) is 0 Å². The second-order valence-electron chi connectivity index (χ2n) is 4.42. The highest BCUT2D eigenvalue weighted by molar-refractivity contribution is 5.47. The fourth-order valence-electron chi connectivity index (χ4n) is 1.14. The summed E-state index contributed by atoms with van der Waals surface area (Å²) >= 11 is 0. The van der Waals surface area contributed by atoms with Gasteiger partial charge in [-0.1, -0.05) is 0 Å². The van der Waals surface area contributed by atoms with Gasteiger partial charge in [-0.05, 0) is 32.9 Å². The third-order valence-electron chi connectivity index (χ3n) is 2.60. The van der Waals surface area contributed by atoms with Gasteiger partial charge in [0.05, 0.1) is 17.2 Å². The van der Waals surface area contributed by atoms with Crippen molar-refractivity contribution in [1.29, 1.82) is 0 Å². The second kappa shape index (κ2) is 4.52. The van der Waals surface area contributed by atoms with Crippen molar-refractivity contribution < 1.29 is 18.3 Å². The molecule has 6 heteroatoms. The number of aliphatic hydroxyl groups excluding tert-OH is 1. The summed E-state index contributed by atoms with van der Waals surface area (Å²) in [5.74, 6) is -0.272. The summed E-state index contributed by atoms with van der Waals surface area (Å²) in [4.78, 5) is 3.67. The van der Waals surface area contributed by atoms with Gasteiger partial charge in [-0.15, -0.1) is 0 Å². The lowest BCUT2D eigenvalue weighted by molar-refractivity contribution is -0.137. The molecule has 0 aromatic carbocycles. The Labute approximate surface area is 97.7 Å². The molecule has 0 amide bonds. The molecule has 0 aliphatic rings. The Morgan fingerprint density at radius 3 is 2.41 bits per heavy atom. The van der Waals surface area contributed by atoms with Gasteiger partial charge in [0.2, 0.25) is 0 Å². The number of pyridine rings is 1. The summed E-state index contributed by atoms with van der Waals surface area (Å²) in [6.07, 6.45) is -4.01. The van der Waals surface area contributed by atoms with E-state index in [1.807, 2.05) is 0 Å². The predicted octanol–water partition coefficient (Wildman–Crippen LogP) is 2.67. The molecule has 1 atom stereocenters. The molecule has 1 aromatic heterocycles. The van der Waals surface area contributed by atoms with Crippen LogP contribution in [0.1, 0.15) is 26.3 Å². The monoisotopic (exact) mass is 248 g/mol. The lowest BCUT2D eigenvalue weighted by Gasteiger charge is -2.31. The smallest absolute Gasteiger partial charge is 0.391 e. The quantitative estimate of drug-likeness (QED) is 0.864. The first-order valence-electron chi connectivity index (χ1n) is 5.13. The summed E-state index contributed by atoms with van der Waals surface area (Å²) in [5.41, 5.74) is -1.73. The topological polar surface area (TPSA) is 45.1 Å². The molecule has 0 saturated carbocycles. The molecule has 0 radical (unpaired) electrons. The molecule has 2 N–H and O–H groups in total. The zero-order chi connectivity index (χ0) is 13.3. The van der Waals surface area contributed by atoms with Gasteiger partial charge < -0.3 is 10.4 Å². The van der Waals surface area contributed by atoms with E-state index in [9.17, 15) is 18.3 Å². The van der Waals surface area contributed by atoms with Crippen LogP contribution in [0.15, 0.2) is 18.3 Å². The molecule has 0 aliphatic heterocycles. The molecule has 0 fully saturated rings. The van der Waals surface area contributed by atoms with Crippen molar-refractivity contribution in [1.82, 2.24) is 4.98 Å². The van der Waals surface area contributed by atoms with E-state index >= 15 is 0 Å². The van der Waals surface area contributed by atoms with Gasteiger partial charge in [0.15, 0.2) is 0 Å². The number of rotatable bonds is 3. The van der Waals surface area contributed by atoms with E-state index in [1.165, 1.54) is 19.2 Å². The van der Waals surface area contributed by atoms with Gasteiger partial charge in [0.1, 0.15) is 5.82 Å². The Morgan fingerprint density at radius 2 is 1.94 bits per heavy atom. The molecule has 17 heavy (non-hydrogen) atoms. The SMILES string of the molecule is CC(O)C(C)(C)Nc1ncccc1C(F)(F)F. The van der Waals surface area contributed by atoms with Gasteiger partial charge >= 0.3 is 6.18 Å². The third kappa shape index (κ3) is 3.33. The molecule has 0 aliphatic carbocycles. The first-order valence-corrected chi connectivity index (χ1v) is 5.13. The maximum Gasteiger partial charge on any atom is 0.419 e. The van der Waals surface area contributed by atoms with Gasteiger partial charge in [-0.2, -0.15) is 13.2 Å². The van der Waals surface area contributed by atoms with Crippen LogP contribution in [-0.4, -0.2) is 21.7 Å². The van der Waals surface area contributed by atoms with Crippen molar-refractivity contribution >= 4 is 5.82 Å². The second-order valence-corrected chi connectivity index (χ2v) is 4.42. The minimum atomic E-state index is -4.47. The molecule has 1 aromatic rings. The summed E-state index contributed by atoms with van der Waals surface area (Å²) in [5, 5.41) is 12.1. The number of aromatic nitrogens is 1. The highest BCUT2D eigenvalue weighted by Gasteiger charge is 2.36. The van der Waals surface area contributed by atoms with E-state index in [0.29, 0.717) is 0 Å². The number of alkyl halides is 3. The number of nitrogens with one attached hydrogen (secondary N) is 1. The summed E-state index contributed by atoms with van der Waals surface area (Å²) in [6.45, 7) is 4.71. The third-order valence-corrected chi connectivity index (χ3v) is 2.60. The van der Waals surface area contributed by atoms with Crippen LogP contribution >= 0.6 is 0 Å². The summed E-state index contributed by atoms with van der Waals surface area (Å²) in [7, 11) is 0. The Kier molecular flexibility index (Phi) is 3.66. The molecule has 96 valence electrons. The lowest BCUT2D eigenvalue weighted by atomic mass is 9.98. The number of hydrogen-bond donors (Lipinski definition) is 2. The van der Waals surface area contributed by atoms with Crippen LogP contribution in [0, 0.1) is 0 Å². The number of halogens is 3.